The molecule has 0 aliphatic carbocycles. The second kappa shape index (κ2) is 5.04. The van der Waals surface area contributed by atoms with E-state index < -0.39 is 9.84 Å². The average molecular weight is 294 g/mol. The fraction of sp³-hybridized carbons (Fsp3) is 0.250. The van der Waals surface area contributed by atoms with Crippen LogP contribution in [0.2, 0.25) is 0 Å². The molecule has 0 atom stereocenters. The first kappa shape index (κ1) is 14.2. The molecular weight excluding hydrogens is 280 g/mol. The fourth-order valence-electron chi connectivity index (χ4n) is 1.78. The summed E-state index contributed by atoms with van der Waals surface area (Å²) in [4.78, 5) is 21.5. The minimum absolute atomic E-state index is 0.138. The third-order valence-corrected chi connectivity index (χ3v) is 3.88. The van der Waals surface area contributed by atoms with Gasteiger partial charge in [-0.05, 0) is 12.1 Å². The Morgan fingerprint density at radius 1 is 1.35 bits per heavy atom. The van der Waals surface area contributed by atoms with E-state index in [4.69, 9.17) is 0 Å². The van der Waals surface area contributed by atoms with Crippen molar-refractivity contribution < 1.29 is 13.2 Å². The smallest absolute Gasteiger partial charge is 0.276 e. The first-order valence-corrected chi connectivity index (χ1v) is 7.61. The molecule has 8 heteroatoms. The molecule has 106 valence electrons. The van der Waals surface area contributed by atoms with Gasteiger partial charge in [0.15, 0.2) is 0 Å². The molecule has 0 bridgehead atoms. The molecule has 0 N–H and O–H groups in total. The van der Waals surface area contributed by atoms with Crippen LogP contribution in [-0.4, -0.2) is 42.2 Å². The van der Waals surface area contributed by atoms with Crippen molar-refractivity contribution in [3.63, 3.8) is 0 Å². The van der Waals surface area contributed by atoms with Crippen LogP contribution in [0.25, 0.3) is 0 Å². The normalized spacial score (nSPS) is 11.3. The summed E-state index contributed by atoms with van der Waals surface area (Å²) in [7, 11) is -0.384. The number of amides is 1. The van der Waals surface area contributed by atoms with Gasteiger partial charge in [-0.25, -0.2) is 13.4 Å². The number of carbonyl (C=O) groups is 1. The van der Waals surface area contributed by atoms with E-state index in [1.54, 1.807) is 31.6 Å². The van der Waals surface area contributed by atoms with Crippen molar-refractivity contribution in [3.8, 4) is 0 Å². The topological polar surface area (TPSA) is 85.2 Å². The first-order chi connectivity index (χ1) is 9.32. The van der Waals surface area contributed by atoms with Gasteiger partial charge in [-0.1, -0.05) is 0 Å². The van der Waals surface area contributed by atoms with Gasteiger partial charge in [-0.3, -0.25) is 9.78 Å². The second-order valence-electron chi connectivity index (χ2n) is 4.33. The molecular formula is C12H14N4O3S. The number of hydrogen-bond acceptors (Lipinski definition) is 5. The Bertz CT molecular complexity index is 737. The summed E-state index contributed by atoms with van der Waals surface area (Å²) in [6.07, 6.45) is 5.46. The van der Waals surface area contributed by atoms with Gasteiger partial charge in [0.05, 0.1) is 18.1 Å². The minimum atomic E-state index is -3.47. The molecule has 0 aromatic carbocycles. The van der Waals surface area contributed by atoms with Crippen molar-refractivity contribution in [3.05, 3.63) is 36.4 Å². The molecule has 0 spiro atoms. The zero-order valence-corrected chi connectivity index (χ0v) is 12.1. The Morgan fingerprint density at radius 3 is 2.55 bits per heavy atom. The molecule has 0 saturated heterocycles. The van der Waals surface area contributed by atoms with E-state index in [2.05, 4.69) is 9.97 Å². The van der Waals surface area contributed by atoms with Crippen LogP contribution in [0.3, 0.4) is 0 Å². The van der Waals surface area contributed by atoms with E-state index in [1.807, 2.05) is 0 Å². The third-order valence-electron chi connectivity index (χ3n) is 2.83. The molecule has 1 amide bonds. The number of pyridine rings is 1. The van der Waals surface area contributed by atoms with E-state index in [-0.39, 0.29) is 16.8 Å². The number of carbonyl (C=O) groups excluding carboxylic acids is 1. The summed E-state index contributed by atoms with van der Waals surface area (Å²) in [5.74, 6) is -0.358. The van der Waals surface area contributed by atoms with Crippen molar-refractivity contribution >= 4 is 21.4 Å². The Kier molecular flexibility index (Phi) is 3.58. The maximum absolute atomic E-state index is 12.3. The van der Waals surface area contributed by atoms with Crippen LogP contribution >= 0.6 is 0 Å². The van der Waals surface area contributed by atoms with E-state index in [1.165, 1.54) is 22.7 Å². The van der Waals surface area contributed by atoms with E-state index in [9.17, 15) is 13.2 Å². The van der Waals surface area contributed by atoms with Gasteiger partial charge in [-0.2, -0.15) is 0 Å². The number of nitrogens with zero attached hydrogens (tertiary/aromatic N) is 4. The summed E-state index contributed by atoms with van der Waals surface area (Å²) in [6.45, 7) is 0. The highest BCUT2D eigenvalue weighted by Crippen LogP contribution is 2.15. The fourth-order valence-corrected chi connectivity index (χ4v) is 2.62. The summed E-state index contributed by atoms with van der Waals surface area (Å²) < 4.78 is 24.3. The molecule has 20 heavy (non-hydrogen) atoms. The minimum Gasteiger partial charge on any atom is -0.314 e. The number of imidazole rings is 1. The van der Waals surface area contributed by atoms with Crippen LogP contribution < -0.4 is 4.90 Å². The lowest BCUT2D eigenvalue weighted by atomic mass is 10.3. The van der Waals surface area contributed by atoms with Gasteiger partial charge >= 0.3 is 0 Å². The summed E-state index contributed by atoms with van der Waals surface area (Å²) in [5, 5.41) is -0.138. The molecule has 7 nitrogen and oxygen atoms in total. The number of anilines is 1. The lowest BCUT2D eigenvalue weighted by Crippen LogP contribution is -2.28. The van der Waals surface area contributed by atoms with Gasteiger partial charge in [-0.15, -0.1) is 0 Å². The first-order valence-electron chi connectivity index (χ1n) is 5.72. The number of aromatic nitrogens is 3. The molecule has 2 aromatic heterocycles. The Morgan fingerprint density at radius 2 is 2.05 bits per heavy atom. The van der Waals surface area contributed by atoms with Crippen LogP contribution in [0.4, 0.5) is 5.69 Å². The van der Waals surface area contributed by atoms with Gasteiger partial charge in [0.1, 0.15) is 5.69 Å². The van der Waals surface area contributed by atoms with Gasteiger partial charge in [0, 0.05) is 26.5 Å². The molecule has 0 fully saturated rings. The van der Waals surface area contributed by atoms with Crippen LogP contribution in [0.5, 0.6) is 0 Å². The number of rotatable bonds is 3. The van der Waals surface area contributed by atoms with Crippen molar-refractivity contribution in [2.24, 2.45) is 7.05 Å². The van der Waals surface area contributed by atoms with Gasteiger partial charge in [0.25, 0.3) is 5.91 Å². The monoisotopic (exact) mass is 294 g/mol. The Balaban J connectivity index is 2.38. The maximum Gasteiger partial charge on any atom is 0.276 e. The van der Waals surface area contributed by atoms with E-state index in [0.717, 1.165) is 6.26 Å². The standard InChI is InChI=1S/C12H14N4O3S/c1-15(9-5-4-6-13-7-9)11(17)10-8-14-12(16(10)2)20(3,18)19/h4-8H,1-3H3. The maximum atomic E-state index is 12.3. The molecule has 0 unspecified atom stereocenters. The average Bonchev–Trinajstić information content (AvgIpc) is 2.80. The molecule has 0 aliphatic rings. The third kappa shape index (κ3) is 2.55. The van der Waals surface area contributed by atoms with Crippen LogP contribution in [0.1, 0.15) is 10.5 Å². The predicted octanol–water partition coefficient (Wildman–Crippen LogP) is 0.495. The van der Waals surface area contributed by atoms with Crippen molar-refractivity contribution in [2.75, 3.05) is 18.2 Å². The highest BCUT2D eigenvalue weighted by molar-refractivity contribution is 7.90. The number of hydrogen-bond donors (Lipinski definition) is 0. The molecule has 0 radical (unpaired) electrons. The van der Waals surface area contributed by atoms with E-state index >= 15 is 0 Å². The van der Waals surface area contributed by atoms with Crippen molar-refractivity contribution in [1.29, 1.82) is 0 Å². The largest absolute Gasteiger partial charge is 0.314 e. The summed E-state index contributed by atoms with van der Waals surface area (Å²) >= 11 is 0. The van der Waals surface area contributed by atoms with Crippen LogP contribution in [0, 0.1) is 0 Å². The van der Waals surface area contributed by atoms with Crippen molar-refractivity contribution in [1.82, 2.24) is 14.5 Å². The zero-order valence-electron chi connectivity index (χ0n) is 11.3. The highest BCUT2D eigenvalue weighted by atomic mass is 32.2. The molecule has 2 rings (SSSR count). The second-order valence-corrected chi connectivity index (χ2v) is 6.24. The van der Waals surface area contributed by atoms with Gasteiger partial charge in [0.2, 0.25) is 15.0 Å². The lowest BCUT2D eigenvalue weighted by molar-refractivity contribution is 0.0984. The van der Waals surface area contributed by atoms with Crippen molar-refractivity contribution in [2.45, 2.75) is 5.16 Å². The quantitative estimate of drug-likeness (QED) is 0.822. The Labute approximate surface area is 116 Å². The molecule has 2 heterocycles. The molecule has 0 saturated carbocycles. The van der Waals surface area contributed by atoms with Gasteiger partial charge < -0.3 is 9.47 Å². The van der Waals surface area contributed by atoms with Crippen LogP contribution in [-0.2, 0) is 16.9 Å². The van der Waals surface area contributed by atoms with E-state index in [0.29, 0.717) is 5.69 Å². The Hall–Kier alpha value is -2.22. The SMILES string of the molecule is CN(C(=O)c1cnc(S(C)(=O)=O)n1C)c1cccnc1. The summed E-state index contributed by atoms with van der Waals surface area (Å²) in [5.41, 5.74) is 0.802. The lowest BCUT2D eigenvalue weighted by Gasteiger charge is -2.16. The highest BCUT2D eigenvalue weighted by Gasteiger charge is 2.22. The molecule has 0 aliphatic heterocycles. The van der Waals surface area contributed by atoms with Crippen LogP contribution in [0.15, 0.2) is 35.9 Å². The summed E-state index contributed by atoms with van der Waals surface area (Å²) in [6, 6.07) is 3.45. The molecule has 2 aromatic rings. The zero-order chi connectivity index (χ0) is 14.9. The predicted molar refractivity (Wildman–Crippen MR) is 73.3 cm³/mol. The number of sulfone groups is 1.